The van der Waals surface area contributed by atoms with E-state index in [1.165, 1.54) is 18.4 Å². The van der Waals surface area contributed by atoms with Crippen molar-refractivity contribution in [1.29, 1.82) is 0 Å². The second-order valence-electron chi connectivity index (χ2n) is 5.71. The summed E-state index contributed by atoms with van der Waals surface area (Å²) in [6, 6.07) is 0. The highest BCUT2D eigenvalue weighted by Crippen LogP contribution is 2.40. The van der Waals surface area contributed by atoms with Crippen molar-refractivity contribution in [1.82, 2.24) is 14.9 Å². The molecule has 0 atom stereocenters. The fourth-order valence-corrected chi connectivity index (χ4v) is 3.04. The van der Waals surface area contributed by atoms with Crippen LogP contribution in [0.1, 0.15) is 43.5 Å². The lowest BCUT2D eigenvalue weighted by Crippen LogP contribution is -2.15. The molecule has 1 saturated carbocycles. The molecule has 20 heavy (non-hydrogen) atoms. The van der Waals surface area contributed by atoms with Crippen molar-refractivity contribution >= 4 is 17.6 Å². The number of rotatable bonds is 8. The zero-order valence-electron chi connectivity index (χ0n) is 13.1. The molecule has 1 aliphatic rings. The Kier molecular flexibility index (Phi) is 5.66. The Labute approximate surface area is 126 Å². The van der Waals surface area contributed by atoms with Gasteiger partial charge < -0.3 is 10.2 Å². The highest BCUT2D eigenvalue weighted by Gasteiger charge is 2.28. The maximum absolute atomic E-state index is 4.79. The third kappa shape index (κ3) is 4.35. The van der Waals surface area contributed by atoms with Gasteiger partial charge in [0.1, 0.15) is 16.7 Å². The molecule has 0 aromatic carbocycles. The zero-order chi connectivity index (χ0) is 14.5. The maximum atomic E-state index is 4.79. The first-order chi connectivity index (χ1) is 9.61. The molecule has 0 unspecified atom stereocenters. The van der Waals surface area contributed by atoms with E-state index in [0.29, 0.717) is 5.92 Å². The standard InChI is InChI=1S/C15H26N4S/c1-5-8-16-13-11(2)15(20-10-9-19(3)4)18-14(17-13)12-6-7-12/h12H,5-10H2,1-4H3,(H,16,17,18). The predicted octanol–water partition coefficient (Wildman–Crippen LogP) is 3.14. The van der Waals surface area contributed by atoms with E-state index in [2.05, 4.69) is 38.2 Å². The van der Waals surface area contributed by atoms with Crippen molar-refractivity contribution < 1.29 is 0 Å². The summed E-state index contributed by atoms with van der Waals surface area (Å²) in [6.45, 7) is 6.36. The summed E-state index contributed by atoms with van der Waals surface area (Å²) in [5.41, 5.74) is 1.20. The van der Waals surface area contributed by atoms with Crippen LogP contribution < -0.4 is 5.32 Å². The van der Waals surface area contributed by atoms with Crippen LogP contribution in [0.3, 0.4) is 0 Å². The number of hydrogen-bond acceptors (Lipinski definition) is 5. The summed E-state index contributed by atoms with van der Waals surface area (Å²) in [4.78, 5) is 11.7. The van der Waals surface area contributed by atoms with Crippen LogP contribution >= 0.6 is 11.8 Å². The van der Waals surface area contributed by atoms with Gasteiger partial charge in [-0.15, -0.1) is 11.8 Å². The van der Waals surface area contributed by atoms with Crippen LogP contribution in [0.15, 0.2) is 5.03 Å². The molecule has 1 fully saturated rings. The summed E-state index contributed by atoms with van der Waals surface area (Å²) < 4.78 is 0. The minimum Gasteiger partial charge on any atom is -0.370 e. The van der Waals surface area contributed by atoms with Gasteiger partial charge in [-0.3, -0.25) is 0 Å². The van der Waals surface area contributed by atoms with Gasteiger partial charge in [-0.25, -0.2) is 9.97 Å². The molecular weight excluding hydrogens is 268 g/mol. The molecule has 1 N–H and O–H groups in total. The third-order valence-electron chi connectivity index (χ3n) is 3.38. The average molecular weight is 294 g/mol. The molecule has 1 aromatic heterocycles. The number of hydrogen-bond donors (Lipinski definition) is 1. The number of aromatic nitrogens is 2. The quantitative estimate of drug-likeness (QED) is 0.589. The smallest absolute Gasteiger partial charge is 0.135 e. The van der Waals surface area contributed by atoms with Crippen molar-refractivity contribution in [3.05, 3.63) is 11.4 Å². The van der Waals surface area contributed by atoms with Gasteiger partial charge in [-0.1, -0.05) is 6.92 Å². The van der Waals surface area contributed by atoms with Crippen LogP contribution in [0.5, 0.6) is 0 Å². The topological polar surface area (TPSA) is 41.1 Å². The Balaban J connectivity index is 2.12. The lowest BCUT2D eigenvalue weighted by atomic mass is 10.3. The van der Waals surface area contributed by atoms with Crippen molar-refractivity contribution in [3.8, 4) is 0 Å². The molecule has 4 nitrogen and oxygen atoms in total. The highest BCUT2D eigenvalue weighted by molar-refractivity contribution is 7.99. The molecule has 0 saturated heterocycles. The lowest BCUT2D eigenvalue weighted by molar-refractivity contribution is 0.437. The minimum atomic E-state index is 0.603. The van der Waals surface area contributed by atoms with Crippen LogP contribution in [-0.2, 0) is 0 Å². The Morgan fingerprint density at radius 3 is 2.65 bits per heavy atom. The largest absolute Gasteiger partial charge is 0.370 e. The molecule has 5 heteroatoms. The normalized spacial score (nSPS) is 14.8. The molecule has 1 heterocycles. The molecule has 2 rings (SSSR count). The molecule has 0 spiro atoms. The van der Waals surface area contributed by atoms with Gasteiger partial charge >= 0.3 is 0 Å². The van der Waals surface area contributed by atoms with Crippen LogP contribution in [-0.4, -0.2) is 47.8 Å². The van der Waals surface area contributed by atoms with Gasteiger partial charge in [0.25, 0.3) is 0 Å². The van der Waals surface area contributed by atoms with Crippen molar-refractivity contribution in [2.24, 2.45) is 0 Å². The van der Waals surface area contributed by atoms with Gasteiger partial charge in [0.2, 0.25) is 0 Å². The highest BCUT2D eigenvalue weighted by atomic mass is 32.2. The van der Waals surface area contributed by atoms with E-state index in [-0.39, 0.29) is 0 Å². The molecule has 1 aromatic rings. The van der Waals surface area contributed by atoms with E-state index in [1.54, 1.807) is 0 Å². The summed E-state index contributed by atoms with van der Waals surface area (Å²) >= 11 is 1.85. The first kappa shape index (κ1) is 15.6. The molecule has 0 aliphatic heterocycles. The Morgan fingerprint density at radius 2 is 2.05 bits per heavy atom. The second kappa shape index (κ2) is 7.27. The summed E-state index contributed by atoms with van der Waals surface area (Å²) in [6.07, 6.45) is 3.61. The Hall–Kier alpha value is -0.810. The fourth-order valence-electron chi connectivity index (χ4n) is 1.92. The molecule has 1 aliphatic carbocycles. The molecule has 0 radical (unpaired) electrons. The summed E-state index contributed by atoms with van der Waals surface area (Å²) in [5, 5.41) is 4.61. The van der Waals surface area contributed by atoms with E-state index in [9.17, 15) is 0 Å². The van der Waals surface area contributed by atoms with E-state index < -0.39 is 0 Å². The van der Waals surface area contributed by atoms with Crippen LogP contribution in [0, 0.1) is 6.92 Å². The number of anilines is 1. The monoisotopic (exact) mass is 294 g/mol. The third-order valence-corrected chi connectivity index (χ3v) is 4.44. The SMILES string of the molecule is CCCNc1nc(C2CC2)nc(SCCN(C)C)c1C. The molecule has 112 valence electrons. The Morgan fingerprint density at radius 1 is 1.30 bits per heavy atom. The zero-order valence-corrected chi connectivity index (χ0v) is 13.9. The Bertz CT molecular complexity index is 444. The fraction of sp³-hybridized carbons (Fsp3) is 0.733. The van der Waals surface area contributed by atoms with Crippen molar-refractivity contribution in [2.45, 2.75) is 44.1 Å². The van der Waals surface area contributed by atoms with Gasteiger partial charge in [0, 0.05) is 30.3 Å². The molecular formula is C15H26N4S. The van der Waals surface area contributed by atoms with Gasteiger partial charge in [0.15, 0.2) is 0 Å². The average Bonchev–Trinajstić information content (AvgIpc) is 3.23. The summed E-state index contributed by atoms with van der Waals surface area (Å²) in [7, 11) is 4.22. The minimum absolute atomic E-state index is 0.603. The lowest BCUT2D eigenvalue weighted by Gasteiger charge is -2.14. The number of thioether (sulfide) groups is 1. The van der Waals surface area contributed by atoms with Gasteiger partial charge in [-0.05, 0) is 40.3 Å². The first-order valence-electron chi connectivity index (χ1n) is 7.51. The number of nitrogens with one attached hydrogen (secondary N) is 1. The number of nitrogens with zero attached hydrogens (tertiary/aromatic N) is 3. The van der Waals surface area contributed by atoms with E-state index in [4.69, 9.17) is 9.97 Å². The van der Waals surface area contributed by atoms with Crippen LogP contribution in [0.25, 0.3) is 0 Å². The van der Waals surface area contributed by atoms with Crippen LogP contribution in [0.4, 0.5) is 5.82 Å². The molecule has 0 amide bonds. The molecule has 0 bridgehead atoms. The van der Waals surface area contributed by atoms with Gasteiger partial charge in [-0.2, -0.15) is 0 Å². The summed E-state index contributed by atoms with van der Waals surface area (Å²) in [5.74, 6) is 3.76. The van der Waals surface area contributed by atoms with E-state index in [1.807, 2.05) is 11.8 Å². The van der Waals surface area contributed by atoms with Gasteiger partial charge in [0.05, 0.1) is 0 Å². The predicted molar refractivity (Wildman–Crippen MR) is 86.8 cm³/mol. The maximum Gasteiger partial charge on any atom is 0.135 e. The van der Waals surface area contributed by atoms with Crippen molar-refractivity contribution in [2.75, 3.05) is 38.3 Å². The van der Waals surface area contributed by atoms with E-state index in [0.717, 1.165) is 41.9 Å². The first-order valence-corrected chi connectivity index (χ1v) is 8.50. The second-order valence-corrected chi connectivity index (χ2v) is 6.80. The van der Waals surface area contributed by atoms with Crippen LogP contribution in [0.2, 0.25) is 0 Å². The van der Waals surface area contributed by atoms with E-state index >= 15 is 0 Å². The van der Waals surface area contributed by atoms with Crippen molar-refractivity contribution in [3.63, 3.8) is 0 Å².